The Morgan fingerprint density at radius 2 is 1.75 bits per heavy atom. The molecule has 0 aliphatic heterocycles. The quantitative estimate of drug-likeness (QED) is 0.387. The molecule has 0 bridgehead atoms. The van der Waals surface area contributed by atoms with Gasteiger partial charge in [-0.1, -0.05) is 46.4 Å². The van der Waals surface area contributed by atoms with Crippen molar-refractivity contribution < 1.29 is 22.1 Å². The molecule has 0 aliphatic carbocycles. The second kappa shape index (κ2) is 10.6. The van der Waals surface area contributed by atoms with Crippen molar-refractivity contribution in [3.63, 3.8) is 0 Å². The Morgan fingerprint density at radius 3 is 2.29 bits per heavy atom. The molecular weight excluding hydrogens is 422 g/mol. The minimum Gasteiger partial charge on any atom is -0.490 e. The van der Waals surface area contributed by atoms with Gasteiger partial charge in [0.15, 0.2) is 5.75 Å². The molecule has 0 aromatic heterocycles. The van der Waals surface area contributed by atoms with Crippen molar-refractivity contribution in [2.75, 3.05) is 25.6 Å². The number of benzene rings is 1. The lowest BCUT2D eigenvalue weighted by molar-refractivity contribution is 0.251. The van der Waals surface area contributed by atoms with E-state index in [-0.39, 0.29) is 45.9 Å². The zero-order valence-corrected chi connectivity index (χ0v) is 16.6. The molecule has 0 amide bonds. The first kappa shape index (κ1) is 21.7. The molecule has 0 radical (unpaired) electrons. The molecule has 1 aromatic rings. The van der Waals surface area contributed by atoms with Gasteiger partial charge < -0.3 is 9.47 Å². The molecule has 0 N–H and O–H groups in total. The third-order valence-electron chi connectivity index (χ3n) is 2.61. The molecule has 0 saturated carbocycles. The maximum Gasteiger partial charge on any atom is 0.267 e. The van der Waals surface area contributed by atoms with Gasteiger partial charge in [-0.05, 0) is 13.0 Å². The highest BCUT2D eigenvalue weighted by Gasteiger charge is 2.11. The van der Waals surface area contributed by atoms with Gasteiger partial charge in [0.25, 0.3) is 10.1 Å². The van der Waals surface area contributed by atoms with Gasteiger partial charge in [-0.2, -0.15) is 8.42 Å². The van der Waals surface area contributed by atoms with E-state index in [1.54, 1.807) is 0 Å². The lowest BCUT2D eigenvalue weighted by Gasteiger charge is -2.12. The predicted octanol–water partition coefficient (Wildman–Crippen LogP) is 4.83. The van der Waals surface area contributed by atoms with E-state index in [2.05, 4.69) is 0 Å². The van der Waals surface area contributed by atoms with E-state index in [9.17, 15) is 8.42 Å². The largest absolute Gasteiger partial charge is 0.490 e. The van der Waals surface area contributed by atoms with Crippen LogP contribution in [0.2, 0.25) is 10.0 Å². The lowest BCUT2D eigenvalue weighted by atomic mass is 10.3. The lowest BCUT2D eigenvalue weighted by Crippen LogP contribution is -2.11. The molecule has 0 atom stereocenters. The zero-order valence-electron chi connectivity index (χ0n) is 12.7. The van der Waals surface area contributed by atoms with Gasteiger partial charge in [0.05, 0.1) is 29.0 Å². The SMILES string of the molecule is CCS(=O)(=O)OCCCOc1c(Cl)cc(OCC=C(Cl)Cl)cc1Cl. The fraction of sp³-hybridized carbons (Fsp3) is 0.429. The Balaban J connectivity index is 2.53. The molecule has 0 heterocycles. The Hall–Kier alpha value is -0.370. The van der Waals surface area contributed by atoms with E-state index in [0.717, 1.165) is 0 Å². The van der Waals surface area contributed by atoms with Crippen LogP contribution >= 0.6 is 46.4 Å². The average Bonchev–Trinajstić information content (AvgIpc) is 2.49. The van der Waals surface area contributed by atoms with Gasteiger partial charge in [0, 0.05) is 18.6 Å². The molecule has 10 heteroatoms. The first-order valence-electron chi connectivity index (χ1n) is 6.88. The van der Waals surface area contributed by atoms with Crippen LogP contribution < -0.4 is 9.47 Å². The number of ether oxygens (including phenoxy) is 2. The highest BCUT2D eigenvalue weighted by atomic mass is 35.5. The third-order valence-corrected chi connectivity index (χ3v) is 4.71. The molecule has 1 rings (SSSR count). The maximum atomic E-state index is 11.2. The van der Waals surface area contributed by atoms with Crippen LogP contribution in [-0.2, 0) is 14.3 Å². The highest BCUT2D eigenvalue weighted by molar-refractivity contribution is 7.86. The van der Waals surface area contributed by atoms with E-state index >= 15 is 0 Å². The van der Waals surface area contributed by atoms with E-state index in [1.165, 1.54) is 25.1 Å². The third kappa shape index (κ3) is 8.14. The molecule has 24 heavy (non-hydrogen) atoms. The van der Waals surface area contributed by atoms with Crippen molar-refractivity contribution in [3.8, 4) is 11.5 Å². The molecule has 0 spiro atoms. The molecule has 0 fully saturated rings. The first-order valence-corrected chi connectivity index (χ1v) is 9.97. The molecule has 136 valence electrons. The second-order valence-corrected chi connectivity index (χ2v) is 8.14. The molecule has 1 aromatic carbocycles. The van der Waals surface area contributed by atoms with E-state index < -0.39 is 10.1 Å². The van der Waals surface area contributed by atoms with Crippen LogP contribution in [0.25, 0.3) is 0 Å². The van der Waals surface area contributed by atoms with Crippen molar-refractivity contribution in [1.29, 1.82) is 0 Å². The van der Waals surface area contributed by atoms with Crippen LogP contribution in [0.1, 0.15) is 13.3 Å². The summed E-state index contributed by atoms with van der Waals surface area (Å²) in [6.07, 6.45) is 1.84. The first-order chi connectivity index (χ1) is 11.2. The minimum absolute atomic E-state index is 0.0259. The minimum atomic E-state index is -3.45. The predicted molar refractivity (Wildman–Crippen MR) is 97.3 cm³/mol. The van der Waals surface area contributed by atoms with Gasteiger partial charge in [-0.25, -0.2) is 0 Å². The van der Waals surface area contributed by atoms with Crippen LogP contribution in [0, 0.1) is 0 Å². The van der Waals surface area contributed by atoms with E-state index in [0.29, 0.717) is 12.2 Å². The summed E-state index contributed by atoms with van der Waals surface area (Å²) in [6, 6.07) is 3.08. The molecule has 0 saturated heterocycles. The average molecular weight is 438 g/mol. The number of halogens is 4. The Morgan fingerprint density at radius 1 is 1.12 bits per heavy atom. The fourth-order valence-electron chi connectivity index (χ4n) is 1.46. The van der Waals surface area contributed by atoms with Crippen molar-refractivity contribution >= 4 is 56.5 Å². The topological polar surface area (TPSA) is 61.8 Å². The fourth-order valence-corrected chi connectivity index (χ4v) is 2.70. The number of rotatable bonds is 10. The van der Waals surface area contributed by atoms with E-state index in [4.69, 9.17) is 60.1 Å². The van der Waals surface area contributed by atoms with Gasteiger partial charge >= 0.3 is 0 Å². The summed E-state index contributed by atoms with van der Waals surface area (Å²) in [5.41, 5.74) is 0. The van der Waals surface area contributed by atoms with Gasteiger partial charge in [0.1, 0.15) is 16.8 Å². The molecular formula is C14H16Cl4O5S. The van der Waals surface area contributed by atoms with Crippen molar-refractivity contribution in [2.45, 2.75) is 13.3 Å². The van der Waals surface area contributed by atoms with Crippen LogP contribution in [0.5, 0.6) is 11.5 Å². The smallest absolute Gasteiger partial charge is 0.267 e. The zero-order chi connectivity index (χ0) is 18.2. The van der Waals surface area contributed by atoms with Crippen molar-refractivity contribution in [3.05, 3.63) is 32.7 Å². The Kier molecular flexibility index (Phi) is 9.56. The monoisotopic (exact) mass is 436 g/mol. The second-order valence-electron chi connectivity index (χ2n) is 4.39. The number of hydrogen-bond acceptors (Lipinski definition) is 5. The highest BCUT2D eigenvalue weighted by Crippen LogP contribution is 2.37. The molecule has 0 unspecified atom stereocenters. The summed E-state index contributed by atoms with van der Waals surface area (Å²) in [5, 5.41) is 0.529. The summed E-state index contributed by atoms with van der Waals surface area (Å²) < 4.78 is 38.0. The summed E-state index contributed by atoms with van der Waals surface area (Å²) in [6.45, 7) is 1.89. The Labute approximate surface area is 161 Å². The summed E-state index contributed by atoms with van der Waals surface area (Å²) in [7, 11) is -3.45. The summed E-state index contributed by atoms with van der Waals surface area (Å²) >= 11 is 23.2. The van der Waals surface area contributed by atoms with Crippen LogP contribution in [0.4, 0.5) is 0 Å². The van der Waals surface area contributed by atoms with Crippen molar-refractivity contribution in [2.24, 2.45) is 0 Å². The summed E-state index contributed by atoms with van der Waals surface area (Å²) in [4.78, 5) is 0. The normalized spacial score (nSPS) is 11.2. The maximum absolute atomic E-state index is 11.2. The van der Waals surface area contributed by atoms with Crippen molar-refractivity contribution in [1.82, 2.24) is 0 Å². The summed E-state index contributed by atoms with van der Waals surface area (Å²) in [5.74, 6) is 0.646. The molecule has 0 aliphatic rings. The van der Waals surface area contributed by atoms with Crippen LogP contribution in [0.3, 0.4) is 0 Å². The Bertz CT molecular complexity index is 649. The van der Waals surface area contributed by atoms with E-state index in [1.807, 2.05) is 0 Å². The van der Waals surface area contributed by atoms with Crippen LogP contribution in [0.15, 0.2) is 22.7 Å². The standard InChI is InChI=1S/C14H16Cl4O5S/c1-2-24(19,20)23-6-3-5-22-14-11(15)8-10(9-12(14)16)21-7-4-13(17)18/h4,8-9H,2-3,5-7H2,1H3. The van der Waals surface area contributed by atoms with Gasteiger partial charge in [-0.15, -0.1) is 0 Å². The van der Waals surface area contributed by atoms with Crippen LogP contribution in [-0.4, -0.2) is 34.0 Å². The number of hydrogen-bond donors (Lipinski definition) is 0. The van der Waals surface area contributed by atoms with Gasteiger partial charge in [-0.3, -0.25) is 4.18 Å². The van der Waals surface area contributed by atoms with Gasteiger partial charge in [0.2, 0.25) is 0 Å². The molecule has 5 nitrogen and oxygen atoms in total.